The lowest BCUT2D eigenvalue weighted by Crippen LogP contribution is -2.24. The van der Waals surface area contributed by atoms with E-state index in [0.29, 0.717) is 22.7 Å². The third-order valence-electron chi connectivity index (χ3n) is 2.52. The van der Waals surface area contributed by atoms with Crippen molar-refractivity contribution in [2.45, 2.75) is 13.5 Å². The maximum atomic E-state index is 12.0. The van der Waals surface area contributed by atoms with Crippen LogP contribution in [-0.2, 0) is 6.54 Å². The molecule has 2 aromatic rings. The summed E-state index contributed by atoms with van der Waals surface area (Å²) in [5, 5.41) is 0. The van der Waals surface area contributed by atoms with Crippen LogP contribution in [0.15, 0.2) is 33.7 Å². The minimum atomic E-state index is -0.118. The molecular formula is C12H12BrN3O2. The minimum absolute atomic E-state index is 0.118. The van der Waals surface area contributed by atoms with Crippen LogP contribution in [0.5, 0.6) is 5.88 Å². The van der Waals surface area contributed by atoms with Crippen molar-refractivity contribution in [1.29, 1.82) is 0 Å². The van der Waals surface area contributed by atoms with Crippen LogP contribution >= 0.6 is 15.9 Å². The molecule has 0 aliphatic carbocycles. The number of halogens is 1. The van der Waals surface area contributed by atoms with Gasteiger partial charge in [0.25, 0.3) is 5.56 Å². The van der Waals surface area contributed by atoms with E-state index in [-0.39, 0.29) is 5.56 Å². The predicted octanol–water partition coefficient (Wildman–Crippen LogP) is 1.77. The summed E-state index contributed by atoms with van der Waals surface area (Å²) in [6.45, 7) is 2.16. The first kappa shape index (κ1) is 12.8. The van der Waals surface area contributed by atoms with E-state index in [4.69, 9.17) is 4.74 Å². The van der Waals surface area contributed by atoms with Gasteiger partial charge in [0.2, 0.25) is 5.88 Å². The second-order valence-electron chi connectivity index (χ2n) is 3.72. The van der Waals surface area contributed by atoms with Gasteiger partial charge in [0.15, 0.2) is 0 Å². The van der Waals surface area contributed by atoms with Gasteiger partial charge in [-0.1, -0.05) is 6.07 Å². The molecule has 2 heterocycles. The first-order chi connectivity index (χ1) is 8.61. The van der Waals surface area contributed by atoms with E-state index in [1.54, 1.807) is 24.7 Å². The van der Waals surface area contributed by atoms with Crippen LogP contribution in [0.4, 0.5) is 0 Å². The molecule has 0 saturated carbocycles. The molecule has 0 aliphatic heterocycles. The SMILES string of the molecule is COc1cccc(Cn2c(C)ncc(Br)c2=O)n1. The van der Waals surface area contributed by atoms with E-state index in [2.05, 4.69) is 25.9 Å². The molecule has 0 amide bonds. The number of aryl methyl sites for hydroxylation is 1. The average Bonchev–Trinajstić information content (AvgIpc) is 2.39. The number of nitrogens with zero attached hydrogens (tertiary/aromatic N) is 3. The maximum absolute atomic E-state index is 12.0. The van der Waals surface area contributed by atoms with Gasteiger partial charge in [0.1, 0.15) is 10.3 Å². The molecule has 0 unspecified atom stereocenters. The van der Waals surface area contributed by atoms with E-state index in [9.17, 15) is 4.79 Å². The molecule has 0 radical (unpaired) electrons. The monoisotopic (exact) mass is 309 g/mol. The third kappa shape index (κ3) is 2.59. The molecule has 5 nitrogen and oxygen atoms in total. The molecule has 0 atom stereocenters. The number of pyridine rings is 1. The standard InChI is InChI=1S/C12H12BrN3O2/c1-8-14-6-10(13)12(17)16(8)7-9-4-3-5-11(15-9)18-2/h3-6H,7H2,1-2H3. The zero-order valence-electron chi connectivity index (χ0n) is 10.1. The first-order valence-corrected chi connectivity index (χ1v) is 6.13. The van der Waals surface area contributed by atoms with Crippen LogP contribution in [0.2, 0.25) is 0 Å². The lowest BCUT2D eigenvalue weighted by Gasteiger charge is -2.09. The van der Waals surface area contributed by atoms with Crippen molar-refractivity contribution in [3.8, 4) is 5.88 Å². The van der Waals surface area contributed by atoms with Gasteiger partial charge in [-0.3, -0.25) is 9.36 Å². The fourth-order valence-corrected chi connectivity index (χ4v) is 1.87. The Kier molecular flexibility index (Phi) is 3.76. The quantitative estimate of drug-likeness (QED) is 0.867. The fraction of sp³-hybridized carbons (Fsp3) is 0.250. The number of methoxy groups -OCH3 is 1. The Bertz CT molecular complexity index is 625. The Labute approximate surface area is 113 Å². The second-order valence-corrected chi connectivity index (χ2v) is 4.57. The van der Waals surface area contributed by atoms with Gasteiger partial charge in [0.05, 0.1) is 19.3 Å². The Morgan fingerprint density at radius 1 is 1.44 bits per heavy atom. The highest BCUT2D eigenvalue weighted by Crippen LogP contribution is 2.09. The zero-order chi connectivity index (χ0) is 13.1. The molecule has 6 heteroatoms. The largest absolute Gasteiger partial charge is 0.481 e. The lowest BCUT2D eigenvalue weighted by molar-refractivity contribution is 0.395. The van der Waals surface area contributed by atoms with E-state index in [1.165, 1.54) is 6.20 Å². The Morgan fingerprint density at radius 2 is 2.22 bits per heavy atom. The smallest absolute Gasteiger partial charge is 0.268 e. The number of ether oxygens (including phenoxy) is 1. The fourth-order valence-electron chi connectivity index (χ4n) is 1.56. The molecule has 0 aromatic carbocycles. The van der Waals surface area contributed by atoms with E-state index in [0.717, 1.165) is 5.69 Å². The lowest BCUT2D eigenvalue weighted by atomic mass is 10.3. The summed E-state index contributed by atoms with van der Waals surface area (Å²) in [6, 6.07) is 5.44. The highest BCUT2D eigenvalue weighted by atomic mass is 79.9. The van der Waals surface area contributed by atoms with Gasteiger partial charge in [-0.15, -0.1) is 0 Å². The summed E-state index contributed by atoms with van der Waals surface area (Å²) in [5.74, 6) is 1.17. The second kappa shape index (κ2) is 5.30. The zero-order valence-corrected chi connectivity index (χ0v) is 11.6. The van der Waals surface area contributed by atoms with E-state index < -0.39 is 0 Å². The molecule has 0 spiro atoms. The Balaban J connectivity index is 2.40. The molecule has 94 valence electrons. The predicted molar refractivity (Wildman–Crippen MR) is 70.8 cm³/mol. The molecule has 2 rings (SSSR count). The first-order valence-electron chi connectivity index (χ1n) is 5.33. The number of aromatic nitrogens is 3. The van der Waals surface area contributed by atoms with Crippen molar-refractivity contribution in [3.63, 3.8) is 0 Å². The van der Waals surface area contributed by atoms with Crippen molar-refractivity contribution in [1.82, 2.24) is 14.5 Å². The average molecular weight is 310 g/mol. The summed E-state index contributed by atoms with van der Waals surface area (Å²) in [5.41, 5.74) is 0.631. The summed E-state index contributed by atoms with van der Waals surface area (Å²) in [6.07, 6.45) is 1.51. The molecule has 0 aliphatic rings. The Hall–Kier alpha value is -1.69. The van der Waals surface area contributed by atoms with Gasteiger partial charge in [-0.05, 0) is 28.9 Å². The number of hydrogen-bond acceptors (Lipinski definition) is 4. The molecule has 18 heavy (non-hydrogen) atoms. The van der Waals surface area contributed by atoms with Crippen molar-refractivity contribution in [2.24, 2.45) is 0 Å². The topological polar surface area (TPSA) is 57.0 Å². The Morgan fingerprint density at radius 3 is 2.94 bits per heavy atom. The number of hydrogen-bond donors (Lipinski definition) is 0. The summed E-state index contributed by atoms with van der Waals surface area (Å²) in [4.78, 5) is 20.4. The number of rotatable bonds is 3. The van der Waals surface area contributed by atoms with Gasteiger partial charge in [0, 0.05) is 12.3 Å². The van der Waals surface area contributed by atoms with Gasteiger partial charge in [-0.25, -0.2) is 9.97 Å². The van der Waals surface area contributed by atoms with Crippen LogP contribution in [0.25, 0.3) is 0 Å². The highest BCUT2D eigenvalue weighted by Gasteiger charge is 2.07. The highest BCUT2D eigenvalue weighted by molar-refractivity contribution is 9.10. The van der Waals surface area contributed by atoms with Crippen LogP contribution in [0, 0.1) is 6.92 Å². The normalized spacial score (nSPS) is 10.4. The van der Waals surface area contributed by atoms with Gasteiger partial charge >= 0.3 is 0 Å². The van der Waals surface area contributed by atoms with Crippen molar-refractivity contribution in [3.05, 3.63) is 50.7 Å². The molecule has 0 bridgehead atoms. The van der Waals surface area contributed by atoms with Crippen LogP contribution in [0.1, 0.15) is 11.5 Å². The van der Waals surface area contributed by atoms with Crippen molar-refractivity contribution < 1.29 is 4.74 Å². The molecule has 0 saturated heterocycles. The summed E-state index contributed by atoms with van der Waals surface area (Å²) >= 11 is 3.18. The summed E-state index contributed by atoms with van der Waals surface area (Å²) in [7, 11) is 1.56. The third-order valence-corrected chi connectivity index (χ3v) is 3.06. The van der Waals surface area contributed by atoms with Crippen molar-refractivity contribution in [2.75, 3.05) is 7.11 Å². The van der Waals surface area contributed by atoms with Crippen LogP contribution < -0.4 is 10.3 Å². The van der Waals surface area contributed by atoms with E-state index in [1.807, 2.05) is 12.1 Å². The van der Waals surface area contributed by atoms with Crippen LogP contribution in [-0.4, -0.2) is 21.6 Å². The van der Waals surface area contributed by atoms with Crippen molar-refractivity contribution >= 4 is 15.9 Å². The van der Waals surface area contributed by atoms with Gasteiger partial charge < -0.3 is 4.74 Å². The molecule has 2 aromatic heterocycles. The van der Waals surface area contributed by atoms with Gasteiger partial charge in [-0.2, -0.15) is 0 Å². The molecule has 0 fully saturated rings. The van der Waals surface area contributed by atoms with E-state index >= 15 is 0 Å². The molecular weight excluding hydrogens is 298 g/mol. The molecule has 0 N–H and O–H groups in total. The maximum Gasteiger partial charge on any atom is 0.268 e. The summed E-state index contributed by atoms with van der Waals surface area (Å²) < 4.78 is 7.06. The minimum Gasteiger partial charge on any atom is -0.481 e. The van der Waals surface area contributed by atoms with Crippen LogP contribution in [0.3, 0.4) is 0 Å².